The number of benzene rings is 3. The van der Waals surface area contributed by atoms with Crippen LogP contribution in [0, 0.1) is 6.92 Å². The Kier molecular flexibility index (Phi) is 5.96. The summed E-state index contributed by atoms with van der Waals surface area (Å²) in [5.41, 5.74) is 8.65. The van der Waals surface area contributed by atoms with E-state index in [-0.39, 0.29) is 5.91 Å². The number of halogens is 1. The molecule has 0 saturated carbocycles. The molecule has 0 bridgehead atoms. The summed E-state index contributed by atoms with van der Waals surface area (Å²) in [7, 11) is 0. The van der Waals surface area contributed by atoms with Gasteiger partial charge >= 0.3 is 0 Å². The van der Waals surface area contributed by atoms with Crippen LogP contribution in [0.15, 0.2) is 72.8 Å². The van der Waals surface area contributed by atoms with E-state index in [4.69, 9.17) is 17.3 Å². The molecule has 0 aliphatic carbocycles. The molecule has 28 heavy (non-hydrogen) atoms. The lowest BCUT2D eigenvalue weighted by molar-refractivity contribution is -0.117. The molecular formula is C22H20ClN3O2. The van der Waals surface area contributed by atoms with Crippen molar-refractivity contribution in [2.75, 3.05) is 10.6 Å². The van der Waals surface area contributed by atoms with E-state index in [2.05, 4.69) is 10.6 Å². The number of aryl methyl sites for hydroxylation is 1. The first-order valence-corrected chi connectivity index (χ1v) is 9.10. The summed E-state index contributed by atoms with van der Waals surface area (Å²) in [6.45, 7) is 1.90. The number of carbonyl (C=O) groups is 2. The zero-order valence-corrected chi connectivity index (χ0v) is 16.0. The zero-order chi connectivity index (χ0) is 20.1. The summed E-state index contributed by atoms with van der Waals surface area (Å²) >= 11 is 6.16. The van der Waals surface area contributed by atoms with Crippen molar-refractivity contribution < 1.29 is 9.59 Å². The molecule has 0 fully saturated rings. The predicted molar refractivity (Wildman–Crippen MR) is 113 cm³/mol. The standard InChI is InChI=1S/C22H20ClN3O2/c1-14-10-11-18(13-19(14)23)26-22(28)20(15-6-3-2-4-7-15)25-17-9-5-8-16(12-17)21(24)27/h2-13,20,25H,1H3,(H2,24,27)(H,26,28). The van der Waals surface area contributed by atoms with Crippen molar-refractivity contribution in [3.63, 3.8) is 0 Å². The number of amides is 2. The monoisotopic (exact) mass is 393 g/mol. The van der Waals surface area contributed by atoms with Gasteiger partial charge < -0.3 is 16.4 Å². The Labute approximate surface area is 168 Å². The molecule has 0 aromatic heterocycles. The molecule has 6 heteroatoms. The van der Waals surface area contributed by atoms with Gasteiger partial charge in [0.1, 0.15) is 6.04 Å². The van der Waals surface area contributed by atoms with Crippen molar-refractivity contribution in [3.05, 3.63) is 94.5 Å². The van der Waals surface area contributed by atoms with Gasteiger partial charge in [0.2, 0.25) is 5.91 Å². The van der Waals surface area contributed by atoms with Gasteiger partial charge in [-0.3, -0.25) is 9.59 Å². The Morgan fingerprint density at radius 3 is 2.36 bits per heavy atom. The Morgan fingerprint density at radius 1 is 0.929 bits per heavy atom. The Hall–Kier alpha value is -3.31. The molecule has 2 amide bonds. The molecule has 142 valence electrons. The van der Waals surface area contributed by atoms with Gasteiger partial charge in [0.05, 0.1) is 0 Å². The predicted octanol–water partition coefficient (Wildman–Crippen LogP) is 4.54. The van der Waals surface area contributed by atoms with Crippen LogP contribution in [0.3, 0.4) is 0 Å². The van der Waals surface area contributed by atoms with Crippen molar-refractivity contribution >= 4 is 34.8 Å². The maximum atomic E-state index is 13.0. The second kappa shape index (κ2) is 8.59. The van der Waals surface area contributed by atoms with Gasteiger partial charge in [-0.25, -0.2) is 0 Å². The van der Waals surface area contributed by atoms with Crippen LogP contribution in [0.25, 0.3) is 0 Å². The summed E-state index contributed by atoms with van der Waals surface area (Å²) in [5, 5.41) is 6.65. The molecule has 0 radical (unpaired) electrons. The number of nitrogens with one attached hydrogen (secondary N) is 2. The van der Waals surface area contributed by atoms with Crippen molar-refractivity contribution in [1.82, 2.24) is 0 Å². The Balaban J connectivity index is 1.88. The van der Waals surface area contributed by atoms with Gasteiger partial charge in [0, 0.05) is 22.0 Å². The second-order valence-electron chi connectivity index (χ2n) is 6.39. The van der Waals surface area contributed by atoms with Gasteiger partial charge in [-0.05, 0) is 48.4 Å². The highest BCUT2D eigenvalue weighted by molar-refractivity contribution is 6.31. The van der Waals surface area contributed by atoms with Crippen LogP contribution in [0.1, 0.15) is 27.5 Å². The molecule has 1 atom stereocenters. The summed E-state index contributed by atoms with van der Waals surface area (Å²) in [6, 6.07) is 20.7. The normalized spacial score (nSPS) is 11.5. The number of rotatable bonds is 6. The van der Waals surface area contributed by atoms with Gasteiger partial charge in [-0.1, -0.05) is 54.1 Å². The second-order valence-corrected chi connectivity index (χ2v) is 6.79. The molecule has 0 heterocycles. The maximum Gasteiger partial charge on any atom is 0.251 e. The fraction of sp³-hybridized carbons (Fsp3) is 0.0909. The van der Waals surface area contributed by atoms with E-state index in [0.29, 0.717) is 22.0 Å². The Morgan fingerprint density at radius 2 is 1.68 bits per heavy atom. The minimum Gasteiger partial charge on any atom is -0.370 e. The average Bonchev–Trinajstić information content (AvgIpc) is 2.69. The number of hydrogen-bond donors (Lipinski definition) is 3. The minimum absolute atomic E-state index is 0.254. The van der Waals surface area contributed by atoms with E-state index < -0.39 is 11.9 Å². The molecule has 1 unspecified atom stereocenters. The third kappa shape index (κ3) is 4.69. The van der Waals surface area contributed by atoms with E-state index in [1.165, 1.54) is 0 Å². The first-order chi connectivity index (χ1) is 13.4. The first kappa shape index (κ1) is 19.5. The van der Waals surface area contributed by atoms with Crippen molar-refractivity contribution in [3.8, 4) is 0 Å². The first-order valence-electron chi connectivity index (χ1n) is 8.72. The smallest absolute Gasteiger partial charge is 0.251 e. The molecule has 0 aliphatic heterocycles. The number of primary amides is 1. The fourth-order valence-electron chi connectivity index (χ4n) is 2.76. The van der Waals surface area contributed by atoms with Crippen molar-refractivity contribution in [2.24, 2.45) is 5.73 Å². The van der Waals surface area contributed by atoms with Gasteiger partial charge in [-0.2, -0.15) is 0 Å². The van der Waals surface area contributed by atoms with Crippen LogP contribution in [-0.4, -0.2) is 11.8 Å². The van der Waals surface area contributed by atoms with Gasteiger partial charge in [0.15, 0.2) is 0 Å². The lowest BCUT2D eigenvalue weighted by atomic mass is 10.0. The summed E-state index contributed by atoms with van der Waals surface area (Å²) in [5.74, 6) is -0.783. The van der Waals surface area contributed by atoms with Crippen molar-refractivity contribution in [1.29, 1.82) is 0 Å². The molecule has 0 aliphatic rings. The number of anilines is 2. The number of carbonyl (C=O) groups excluding carboxylic acids is 2. The highest BCUT2D eigenvalue weighted by atomic mass is 35.5. The lowest BCUT2D eigenvalue weighted by Crippen LogP contribution is -2.27. The molecule has 0 saturated heterocycles. The summed E-state index contributed by atoms with van der Waals surface area (Å²) in [4.78, 5) is 24.5. The van der Waals surface area contributed by atoms with E-state index >= 15 is 0 Å². The van der Waals surface area contributed by atoms with Crippen LogP contribution in [0.2, 0.25) is 5.02 Å². The zero-order valence-electron chi connectivity index (χ0n) is 15.3. The minimum atomic E-state index is -0.676. The third-order valence-corrected chi connectivity index (χ3v) is 4.70. The highest BCUT2D eigenvalue weighted by Gasteiger charge is 2.21. The molecule has 3 rings (SSSR count). The van der Waals surface area contributed by atoms with E-state index in [9.17, 15) is 9.59 Å². The SMILES string of the molecule is Cc1ccc(NC(=O)C(Nc2cccc(C(N)=O)c2)c2ccccc2)cc1Cl. The highest BCUT2D eigenvalue weighted by Crippen LogP contribution is 2.24. The largest absolute Gasteiger partial charge is 0.370 e. The third-order valence-electron chi connectivity index (χ3n) is 4.29. The van der Waals surface area contributed by atoms with Gasteiger partial charge in [-0.15, -0.1) is 0 Å². The van der Waals surface area contributed by atoms with Crippen LogP contribution < -0.4 is 16.4 Å². The van der Waals surface area contributed by atoms with E-state index in [1.807, 2.05) is 43.3 Å². The van der Waals surface area contributed by atoms with Crippen LogP contribution >= 0.6 is 11.6 Å². The molecule has 5 nitrogen and oxygen atoms in total. The van der Waals surface area contributed by atoms with Crippen LogP contribution in [-0.2, 0) is 4.79 Å². The van der Waals surface area contributed by atoms with Crippen LogP contribution in [0.4, 0.5) is 11.4 Å². The number of nitrogens with two attached hydrogens (primary N) is 1. The number of hydrogen-bond acceptors (Lipinski definition) is 3. The maximum absolute atomic E-state index is 13.0. The molecule has 0 spiro atoms. The molecule has 4 N–H and O–H groups in total. The Bertz CT molecular complexity index is 1010. The molecule has 3 aromatic carbocycles. The molecule has 3 aromatic rings. The van der Waals surface area contributed by atoms with Gasteiger partial charge in [0.25, 0.3) is 5.91 Å². The average molecular weight is 394 g/mol. The van der Waals surface area contributed by atoms with E-state index in [1.54, 1.807) is 36.4 Å². The van der Waals surface area contributed by atoms with Crippen molar-refractivity contribution in [2.45, 2.75) is 13.0 Å². The topological polar surface area (TPSA) is 84.2 Å². The summed E-state index contributed by atoms with van der Waals surface area (Å²) in [6.07, 6.45) is 0. The fourth-order valence-corrected chi connectivity index (χ4v) is 2.94. The van der Waals surface area contributed by atoms with E-state index in [0.717, 1.165) is 11.1 Å². The lowest BCUT2D eigenvalue weighted by Gasteiger charge is -2.20. The van der Waals surface area contributed by atoms with Crippen LogP contribution in [0.5, 0.6) is 0 Å². The summed E-state index contributed by atoms with van der Waals surface area (Å²) < 4.78 is 0. The molecular weight excluding hydrogens is 374 g/mol. The quantitative estimate of drug-likeness (QED) is 0.574.